The van der Waals surface area contributed by atoms with Crippen LogP contribution in [0.2, 0.25) is 0 Å². The number of carbonyl (C=O) groups is 2. The molecule has 3 heterocycles. The number of nitrogens with zero attached hydrogens (tertiary/aromatic N) is 3. The van der Waals surface area contributed by atoms with E-state index >= 15 is 0 Å². The van der Waals surface area contributed by atoms with E-state index in [1.54, 1.807) is 12.6 Å². The van der Waals surface area contributed by atoms with Gasteiger partial charge in [0.15, 0.2) is 23.0 Å². The number of methoxy groups -OCH3 is 1. The molecule has 2 aromatic rings. The molecule has 1 fully saturated rings. The van der Waals surface area contributed by atoms with Gasteiger partial charge in [-0.3, -0.25) is 14.5 Å². The average molecular weight is 470 g/mol. The molecule has 1 amide bonds. The molecule has 2 aliphatic heterocycles. The van der Waals surface area contributed by atoms with Crippen molar-refractivity contribution in [3.05, 3.63) is 40.6 Å². The van der Waals surface area contributed by atoms with Crippen LogP contribution in [0.1, 0.15) is 57.1 Å². The van der Waals surface area contributed by atoms with Gasteiger partial charge in [0.05, 0.1) is 31.2 Å². The molecule has 3 unspecified atom stereocenters. The second-order valence-electron chi connectivity index (χ2n) is 8.57. The molecule has 1 saturated carbocycles. The number of amides is 1. The SMILES string of the molecule is CCCCOc1ccc(C2C3=C(OC4CCCCC4C3=O)C(=O)N2c2nncs2)cc1OC. The van der Waals surface area contributed by atoms with Crippen LogP contribution in [-0.2, 0) is 14.3 Å². The molecule has 174 valence electrons. The third-order valence-corrected chi connectivity index (χ3v) is 7.27. The number of hydrogen-bond donors (Lipinski definition) is 0. The minimum Gasteiger partial charge on any atom is -0.493 e. The first-order valence-corrected chi connectivity index (χ1v) is 12.4. The number of ether oxygens (including phenoxy) is 3. The number of unbranched alkanes of at least 4 members (excludes halogenated alkanes) is 1. The van der Waals surface area contributed by atoms with Crippen molar-refractivity contribution < 1.29 is 23.8 Å². The molecule has 5 rings (SSSR count). The Bertz CT molecular complexity index is 1080. The van der Waals surface area contributed by atoms with Gasteiger partial charge in [-0.1, -0.05) is 37.2 Å². The Hall–Kier alpha value is -2.94. The van der Waals surface area contributed by atoms with Crippen molar-refractivity contribution in [3.63, 3.8) is 0 Å². The molecule has 3 atom stereocenters. The van der Waals surface area contributed by atoms with Crippen LogP contribution >= 0.6 is 11.3 Å². The van der Waals surface area contributed by atoms with Crippen molar-refractivity contribution in [3.8, 4) is 11.5 Å². The maximum Gasteiger partial charge on any atom is 0.296 e. The van der Waals surface area contributed by atoms with Crippen molar-refractivity contribution in [1.82, 2.24) is 10.2 Å². The maximum atomic E-state index is 13.7. The zero-order valence-corrected chi connectivity index (χ0v) is 19.6. The van der Waals surface area contributed by atoms with Gasteiger partial charge in [-0.15, -0.1) is 10.2 Å². The molecule has 1 aromatic carbocycles. The molecule has 9 heteroatoms. The van der Waals surface area contributed by atoms with Crippen LogP contribution in [0, 0.1) is 5.92 Å². The number of carbonyl (C=O) groups excluding carboxylic acids is 2. The van der Waals surface area contributed by atoms with Gasteiger partial charge in [0.1, 0.15) is 11.6 Å². The summed E-state index contributed by atoms with van der Waals surface area (Å²) in [5.74, 6) is 0.808. The van der Waals surface area contributed by atoms with Crippen molar-refractivity contribution in [2.75, 3.05) is 18.6 Å². The molecule has 0 radical (unpaired) electrons. The van der Waals surface area contributed by atoms with Gasteiger partial charge in [-0.2, -0.15) is 0 Å². The van der Waals surface area contributed by atoms with Crippen LogP contribution in [0.4, 0.5) is 5.13 Å². The van der Waals surface area contributed by atoms with Gasteiger partial charge >= 0.3 is 0 Å². The first-order valence-electron chi connectivity index (χ1n) is 11.5. The van der Waals surface area contributed by atoms with Crippen LogP contribution in [0.5, 0.6) is 11.5 Å². The molecule has 0 N–H and O–H groups in total. The fraction of sp³-hybridized carbons (Fsp3) is 0.500. The van der Waals surface area contributed by atoms with Crippen molar-refractivity contribution in [2.45, 2.75) is 57.6 Å². The predicted octanol–water partition coefficient (Wildman–Crippen LogP) is 4.23. The Balaban J connectivity index is 1.57. The van der Waals surface area contributed by atoms with Crippen LogP contribution in [0.25, 0.3) is 0 Å². The Labute approximate surface area is 196 Å². The largest absolute Gasteiger partial charge is 0.493 e. The molecule has 8 nitrogen and oxygen atoms in total. The highest BCUT2D eigenvalue weighted by atomic mass is 32.1. The summed E-state index contributed by atoms with van der Waals surface area (Å²) < 4.78 is 17.7. The lowest BCUT2D eigenvalue weighted by atomic mass is 9.77. The zero-order chi connectivity index (χ0) is 22.9. The fourth-order valence-electron chi connectivity index (χ4n) is 4.93. The molecule has 0 saturated heterocycles. The van der Waals surface area contributed by atoms with Gasteiger partial charge in [0, 0.05) is 0 Å². The summed E-state index contributed by atoms with van der Waals surface area (Å²) in [6.07, 6.45) is 5.32. The van der Waals surface area contributed by atoms with Crippen LogP contribution in [-0.4, -0.2) is 41.7 Å². The predicted molar refractivity (Wildman–Crippen MR) is 122 cm³/mol. The van der Waals surface area contributed by atoms with Crippen LogP contribution in [0.15, 0.2) is 35.0 Å². The minimum absolute atomic E-state index is 0.00792. The third kappa shape index (κ3) is 3.78. The van der Waals surface area contributed by atoms with E-state index in [0.717, 1.165) is 44.1 Å². The quantitative estimate of drug-likeness (QED) is 0.561. The summed E-state index contributed by atoms with van der Waals surface area (Å²) in [5.41, 5.74) is 2.74. The Morgan fingerprint density at radius 2 is 2.06 bits per heavy atom. The number of rotatable bonds is 7. The van der Waals surface area contributed by atoms with E-state index in [4.69, 9.17) is 14.2 Å². The van der Waals surface area contributed by atoms with E-state index in [0.29, 0.717) is 28.8 Å². The normalized spacial score (nSPS) is 24.4. The number of benzene rings is 1. The number of fused-ring (bicyclic) bond motifs is 1. The highest BCUT2D eigenvalue weighted by Gasteiger charge is 2.53. The molecule has 1 aromatic heterocycles. The lowest BCUT2D eigenvalue weighted by Gasteiger charge is -2.35. The van der Waals surface area contributed by atoms with Crippen molar-refractivity contribution in [1.29, 1.82) is 0 Å². The monoisotopic (exact) mass is 469 g/mol. The highest BCUT2D eigenvalue weighted by molar-refractivity contribution is 7.13. The zero-order valence-electron chi connectivity index (χ0n) is 18.8. The highest BCUT2D eigenvalue weighted by Crippen LogP contribution is 2.49. The number of hydrogen-bond acceptors (Lipinski definition) is 8. The molecule has 0 spiro atoms. The first kappa shape index (κ1) is 21.9. The molecule has 0 bridgehead atoms. The van der Waals surface area contributed by atoms with Crippen LogP contribution < -0.4 is 14.4 Å². The standard InChI is InChI=1S/C24H27N3O5S/c1-3-4-11-31-17-10-9-14(12-18(17)30-2)20-19-21(28)15-7-5-6-8-16(15)32-22(19)23(29)27(20)24-26-25-13-33-24/h9-10,12-13,15-16,20H,3-8,11H2,1-2H3. The number of Topliss-reactive ketones (excluding diaryl/α,β-unsaturated/α-hetero) is 1. The molecule has 1 aliphatic carbocycles. The first-order chi connectivity index (χ1) is 16.1. The van der Waals surface area contributed by atoms with Crippen molar-refractivity contribution >= 4 is 28.2 Å². The second-order valence-corrected chi connectivity index (χ2v) is 9.38. The number of aromatic nitrogens is 2. The summed E-state index contributed by atoms with van der Waals surface area (Å²) >= 11 is 1.25. The Kier molecular flexibility index (Phi) is 6.05. The summed E-state index contributed by atoms with van der Waals surface area (Å²) in [6, 6.07) is 4.91. The Morgan fingerprint density at radius 1 is 1.21 bits per heavy atom. The topological polar surface area (TPSA) is 90.9 Å². The smallest absolute Gasteiger partial charge is 0.296 e. The lowest BCUT2D eigenvalue weighted by Crippen LogP contribution is -2.39. The summed E-state index contributed by atoms with van der Waals surface area (Å²) in [6.45, 7) is 2.70. The number of ketones is 1. The fourth-order valence-corrected chi connectivity index (χ4v) is 5.51. The second kappa shape index (κ2) is 9.13. The third-order valence-electron chi connectivity index (χ3n) is 6.58. The van der Waals surface area contributed by atoms with Gasteiger partial charge in [0.25, 0.3) is 5.91 Å². The lowest BCUT2D eigenvalue weighted by molar-refractivity contribution is -0.131. The van der Waals surface area contributed by atoms with E-state index < -0.39 is 6.04 Å². The van der Waals surface area contributed by atoms with Gasteiger partial charge in [-0.25, -0.2) is 0 Å². The summed E-state index contributed by atoms with van der Waals surface area (Å²) in [5, 5.41) is 8.48. The van der Waals surface area contributed by atoms with Gasteiger partial charge < -0.3 is 14.2 Å². The summed E-state index contributed by atoms with van der Waals surface area (Å²) in [4.78, 5) is 28.7. The number of anilines is 1. The molecular weight excluding hydrogens is 442 g/mol. The van der Waals surface area contributed by atoms with Crippen molar-refractivity contribution in [2.24, 2.45) is 5.92 Å². The molecular formula is C24H27N3O5S. The average Bonchev–Trinajstić information content (AvgIpc) is 3.46. The van der Waals surface area contributed by atoms with E-state index in [2.05, 4.69) is 17.1 Å². The minimum atomic E-state index is -0.644. The van der Waals surface area contributed by atoms with E-state index in [1.165, 1.54) is 16.2 Å². The van der Waals surface area contributed by atoms with E-state index in [-0.39, 0.29) is 29.5 Å². The van der Waals surface area contributed by atoms with Gasteiger partial charge in [-0.05, 0) is 43.4 Å². The Morgan fingerprint density at radius 3 is 2.82 bits per heavy atom. The summed E-state index contributed by atoms with van der Waals surface area (Å²) in [7, 11) is 1.58. The molecule has 33 heavy (non-hydrogen) atoms. The maximum absolute atomic E-state index is 13.7. The molecule has 3 aliphatic rings. The van der Waals surface area contributed by atoms with Gasteiger partial charge in [0.2, 0.25) is 5.13 Å². The van der Waals surface area contributed by atoms with Crippen LogP contribution in [0.3, 0.4) is 0 Å². The van der Waals surface area contributed by atoms with E-state index in [1.807, 2.05) is 18.2 Å². The van der Waals surface area contributed by atoms with E-state index in [9.17, 15) is 9.59 Å².